The maximum Gasteiger partial charge on any atom is 0.267 e. The number of halogens is 1. The first-order valence-electron chi connectivity index (χ1n) is 8.46. The molecule has 1 aliphatic heterocycles. The van der Waals surface area contributed by atoms with Crippen LogP contribution in [0.25, 0.3) is 5.69 Å². The molecule has 3 heterocycles. The van der Waals surface area contributed by atoms with Gasteiger partial charge < -0.3 is 5.32 Å². The second-order valence-electron chi connectivity index (χ2n) is 6.00. The molecule has 0 bridgehead atoms. The summed E-state index contributed by atoms with van der Waals surface area (Å²) in [6, 6.07) is 5.40. The molecule has 1 fully saturated rings. The summed E-state index contributed by atoms with van der Waals surface area (Å²) >= 11 is 2.68. The van der Waals surface area contributed by atoms with Crippen molar-refractivity contribution in [1.82, 2.24) is 24.5 Å². The summed E-state index contributed by atoms with van der Waals surface area (Å²) in [6.07, 6.45) is 1.33. The van der Waals surface area contributed by atoms with Crippen molar-refractivity contribution in [3.8, 4) is 5.69 Å². The number of nitrogens with zero attached hydrogens (tertiary/aromatic N) is 5. The van der Waals surface area contributed by atoms with Crippen molar-refractivity contribution < 1.29 is 17.6 Å². The summed E-state index contributed by atoms with van der Waals surface area (Å²) < 4.78 is 42.8. The van der Waals surface area contributed by atoms with Crippen LogP contribution in [0, 0.1) is 5.82 Å². The van der Waals surface area contributed by atoms with Crippen LogP contribution in [0.5, 0.6) is 0 Å². The molecule has 0 spiro atoms. The molecule has 1 aromatic carbocycles. The Morgan fingerprint density at radius 1 is 1.21 bits per heavy atom. The van der Waals surface area contributed by atoms with Gasteiger partial charge in [0.1, 0.15) is 21.9 Å². The van der Waals surface area contributed by atoms with Crippen molar-refractivity contribution in [2.45, 2.75) is 4.90 Å². The van der Waals surface area contributed by atoms with Crippen LogP contribution in [0.3, 0.4) is 0 Å². The molecule has 2 aromatic heterocycles. The Morgan fingerprint density at radius 2 is 2.00 bits per heavy atom. The van der Waals surface area contributed by atoms with Gasteiger partial charge in [0.2, 0.25) is 10.0 Å². The summed E-state index contributed by atoms with van der Waals surface area (Å²) in [5, 5.41) is 14.7. The Bertz CT molecular complexity index is 1130. The number of carbonyl (C=O) groups is 1. The molecule has 0 aliphatic carbocycles. The van der Waals surface area contributed by atoms with Gasteiger partial charge in [-0.05, 0) is 40.1 Å². The Hall–Kier alpha value is -2.35. The number of hydrogen-bond donors (Lipinski definition) is 1. The fourth-order valence-electron chi connectivity index (χ4n) is 2.80. The van der Waals surface area contributed by atoms with Gasteiger partial charge >= 0.3 is 0 Å². The van der Waals surface area contributed by atoms with Gasteiger partial charge in [-0.3, -0.25) is 4.79 Å². The van der Waals surface area contributed by atoms with Crippen LogP contribution in [0.15, 0.2) is 40.9 Å². The van der Waals surface area contributed by atoms with Gasteiger partial charge in [-0.1, -0.05) is 0 Å². The molecule has 4 rings (SSSR count). The molecular weight excluding hydrogens is 439 g/mol. The number of rotatable bonds is 5. The lowest BCUT2D eigenvalue weighted by Crippen LogP contribution is -2.38. The van der Waals surface area contributed by atoms with Crippen molar-refractivity contribution in [1.29, 1.82) is 0 Å². The predicted molar refractivity (Wildman–Crippen MR) is 107 cm³/mol. The van der Waals surface area contributed by atoms with Gasteiger partial charge in [-0.2, -0.15) is 16.1 Å². The number of thioether (sulfide) groups is 1. The first-order valence-corrected chi connectivity index (χ1v) is 11.9. The molecule has 13 heteroatoms. The molecule has 3 aromatic rings. The number of nitrogens with one attached hydrogen (secondary N) is 1. The van der Waals surface area contributed by atoms with E-state index in [-0.39, 0.29) is 15.5 Å². The molecule has 1 aliphatic rings. The van der Waals surface area contributed by atoms with Gasteiger partial charge in [-0.25, -0.2) is 17.5 Å². The lowest BCUT2D eigenvalue weighted by Gasteiger charge is -2.25. The third kappa shape index (κ3) is 4.03. The summed E-state index contributed by atoms with van der Waals surface area (Å²) in [7, 11) is -3.80. The number of sulfonamides is 1. The third-order valence-electron chi connectivity index (χ3n) is 4.23. The predicted octanol–water partition coefficient (Wildman–Crippen LogP) is 1.85. The number of thiophene rings is 1. The van der Waals surface area contributed by atoms with Crippen LogP contribution in [-0.2, 0) is 10.0 Å². The molecule has 0 radical (unpaired) electrons. The SMILES string of the molecule is O=C(Nc1cc(-n2cnnn2)ccc1F)c1sccc1S(=O)(=O)N1CCSCC1. The van der Waals surface area contributed by atoms with Crippen molar-refractivity contribution >= 4 is 44.7 Å². The number of hydrogen-bond acceptors (Lipinski definition) is 8. The summed E-state index contributed by atoms with van der Waals surface area (Å²) in [5.74, 6) is 0.0574. The molecule has 9 nitrogen and oxygen atoms in total. The highest BCUT2D eigenvalue weighted by atomic mass is 32.2. The normalized spacial score (nSPS) is 15.3. The number of aromatic nitrogens is 4. The number of anilines is 1. The molecule has 1 N–H and O–H groups in total. The van der Waals surface area contributed by atoms with Gasteiger partial charge in [-0.15, -0.1) is 16.4 Å². The molecule has 1 saturated heterocycles. The highest BCUT2D eigenvalue weighted by Gasteiger charge is 2.31. The van der Waals surface area contributed by atoms with E-state index in [1.54, 1.807) is 11.8 Å². The van der Waals surface area contributed by atoms with Crippen molar-refractivity contribution in [2.75, 3.05) is 29.9 Å². The molecule has 152 valence electrons. The smallest absolute Gasteiger partial charge is 0.267 e. The molecule has 0 saturated carbocycles. The maximum atomic E-state index is 14.2. The average Bonchev–Trinajstić information content (AvgIpc) is 3.43. The Kier molecular flexibility index (Phi) is 5.63. The van der Waals surface area contributed by atoms with Crippen LogP contribution < -0.4 is 5.32 Å². The fraction of sp³-hybridized carbons (Fsp3) is 0.250. The first kappa shape index (κ1) is 19.9. The maximum absolute atomic E-state index is 14.2. The zero-order chi connectivity index (χ0) is 20.4. The second kappa shape index (κ2) is 8.18. The standard InChI is InChI=1S/C16H15FN6O3S3/c17-12-2-1-11(23-10-18-20-21-23)9-13(12)19-16(24)15-14(3-6-28-15)29(25,26)22-4-7-27-8-5-22/h1-3,6,9-10H,4-5,7-8H2,(H,19,24). The lowest BCUT2D eigenvalue weighted by atomic mass is 10.2. The first-order chi connectivity index (χ1) is 14.0. The van der Waals surface area contributed by atoms with Gasteiger partial charge in [0, 0.05) is 24.6 Å². The van der Waals surface area contributed by atoms with E-state index in [4.69, 9.17) is 0 Å². The van der Waals surface area contributed by atoms with Crippen LogP contribution in [0.4, 0.5) is 10.1 Å². The zero-order valence-electron chi connectivity index (χ0n) is 14.9. The van der Waals surface area contributed by atoms with Gasteiger partial charge in [0.05, 0.1) is 11.4 Å². The van der Waals surface area contributed by atoms with E-state index >= 15 is 0 Å². The monoisotopic (exact) mass is 454 g/mol. The van der Waals surface area contributed by atoms with Crippen molar-refractivity contribution in [3.63, 3.8) is 0 Å². The Balaban J connectivity index is 1.61. The van der Waals surface area contributed by atoms with E-state index in [2.05, 4.69) is 20.8 Å². The van der Waals surface area contributed by atoms with Crippen molar-refractivity contribution in [3.05, 3.63) is 46.7 Å². The molecule has 0 atom stereocenters. The van der Waals surface area contributed by atoms with E-state index in [1.807, 2.05) is 0 Å². The van der Waals surface area contributed by atoms with Crippen LogP contribution >= 0.6 is 23.1 Å². The van der Waals surface area contributed by atoms with Crippen molar-refractivity contribution in [2.24, 2.45) is 0 Å². The van der Waals surface area contributed by atoms with Crippen LogP contribution in [0.1, 0.15) is 9.67 Å². The minimum Gasteiger partial charge on any atom is -0.319 e. The fourth-order valence-corrected chi connectivity index (χ4v) is 6.67. The average molecular weight is 455 g/mol. The van der Waals surface area contributed by atoms with Gasteiger partial charge in [0.25, 0.3) is 5.91 Å². The molecule has 1 amide bonds. The highest BCUT2D eigenvalue weighted by Crippen LogP contribution is 2.28. The minimum absolute atomic E-state index is 0.00968. The van der Waals surface area contributed by atoms with Crippen LogP contribution in [0.2, 0.25) is 0 Å². The van der Waals surface area contributed by atoms with Crippen LogP contribution in [-0.4, -0.2) is 63.4 Å². The number of carbonyl (C=O) groups excluding carboxylic acids is 1. The van der Waals surface area contributed by atoms with E-state index < -0.39 is 21.7 Å². The minimum atomic E-state index is -3.80. The van der Waals surface area contributed by atoms with E-state index in [9.17, 15) is 17.6 Å². The van der Waals surface area contributed by atoms with E-state index in [0.29, 0.717) is 30.3 Å². The molecular formula is C16H15FN6O3S3. The Morgan fingerprint density at radius 3 is 2.72 bits per heavy atom. The lowest BCUT2D eigenvalue weighted by molar-refractivity contribution is 0.102. The highest BCUT2D eigenvalue weighted by molar-refractivity contribution is 7.99. The second-order valence-corrected chi connectivity index (χ2v) is 10.1. The van der Waals surface area contributed by atoms with E-state index in [1.165, 1.54) is 45.0 Å². The quantitative estimate of drug-likeness (QED) is 0.626. The number of tetrazole rings is 1. The summed E-state index contributed by atoms with van der Waals surface area (Å²) in [4.78, 5) is 12.7. The topological polar surface area (TPSA) is 110 Å². The molecule has 0 unspecified atom stereocenters. The largest absolute Gasteiger partial charge is 0.319 e. The number of amides is 1. The summed E-state index contributed by atoms with van der Waals surface area (Å²) in [6.45, 7) is 0.791. The third-order valence-corrected chi connectivity index (χ3v) is 8.16. The van der Waals surface area contributed by atoms with E-state index in [0.717, 1.165) is 11.3 Å². The summed E-state index contributed by atoms with van der Waals surface area (Å²) in [5.41, 5.74) is 0.339. The Labute approximate surface area is 174 Å². The van der Waals surface area contributed by atoms with Gasteiger partial charge in [0.15, 0.2) is 0 Å². The molecule has 29 heavy (non-hydrogen) atoms. The zero-order valence-corrected chi connectivity index (χ0v) is 17.3. The number of benzene rings is 1.